The lowest BCUT2D eigenvalue weighted by atomic mass is 10.0. The van der Waals surface area contributed by atoms with E-state index < -0.39 is 0 Å². The number of likely N-dealkylation sites (tertiary alicyclic amines) is 1. The van der Waals surface area contributed by atoms with Gasteiger partial charge in [-0.3, -0.25) is 9.89 Å². The fourth-order valence-electron chi connectivity index (χ4n) is 3.69. The zero-order chi connectivity index (χ0) is 19.8. The number of hydrogen-bond acceptors (Lipinski definition) is 4. The van der Waals surface area contributed by atoms with Gasteiger partial charge in [0.05, 0.1) is 26.3 Å². The Bertz CT molecular complexity index is 794. The maximum atomic E-state index is 6.21. The molecule has 1 aliphatic heterocycles. The van der Waals surface area contributed by atoms with Gasteiger partial charge in [-0.15, -0.1) is 24.0 Å². The molecule has 1 atom stereocenters. The topological polar surface area (TPSA) is 72.1 Å². The molecular formula is C22H31IN4O2. The second kappa shape index (κ2) is 12.0. The summed E-state index contributed by atoms with van der Waals surface area (Å²) in [7, 11) is 3.40. The van der Waals surface area contributed by atoms with Crippen LogP contribution in [0.3, 0.4) is 0 Å². The molecule has 0 radical (unpaired) electrons. The molecule has 0 spiro atoms. The molecule has 6 nitrogen and oxygen atoms in total. The Morgan fingerprint density at radius 1 is 1.10 bits per heavy atom. The van der Waals surface area contributed by atoms with Crippen molar-refractivity contribution in [3.8, 4) is 5.75 Å². The van der Waals surface area contributed by atoms with Gasteiger partial charge in [-0.05, 0) is 38.1 Å². The van der Waals surface area contributed by atoms with Gasteiger partial charge in [-0.2, -0.15) is 0 Å². The fraction of sp³-hybridized carbons (Fsp3) is 0.409. The van der Waals surface area contributed by atoms with E-state index in [1.54, 1.807) is 14.2 Å². The van der Waals surface area contributed by atoms with E-state index in [0.717, 1.165) is 35.7 Å². The van der Waals surface area contributed by atoms with Crippen molar-refractivity contribution >= 4 is 35.6 Å². The number of nitrogens with two attached hydrogens (primary N) is 1. The van der Waals surface area contributed by atoms with E-state index in [1.165, 1.54) is 12.8 Å². The van der Waals surface area contributed by atoms with Gasteiger partial charge >= 0.3 is 0 Å². The molecule has 0 aliphatic carbocycles. The Labute approximate surface area is 190 Å². The zero-order valence-corrected chi connectivity index (χ0v) is 19.5. The first-order valence-corrected chi connectivity index (χ1v) is 9.73. The largest absolute Gasteiger partial charge is 0.496 e. The van der Waals surface area contributed by atoms with Gasteiger partial charge in [0.25, 0.3) is 0 Å². The number of para-hydroxylation sites is 2. The monoisotopic (exact) mass is 510 g/mol. The van der Waals surface area contributed by atoms with Gasteiger partial charge < -0.3 is 20.5 Å². The SMILES string of the molecule is COCc1ccccc1NC(N)=NCC(c1ccccc1OC)N1CCCC1.I. The Balaban J connectivity index is 0.00000300. The lowest BCUT2D eigenvalue weighted by Gasteiger charge is -2.28. The summed E-state index contributed by atoms with van der Waals surface area (Å²) in [4.78, 5) is 7.13. The van der Waals surface area contributed by atoms with Gasteiger partial charge in [0.2, 0.25) is 0 Å². The number of nitrogens with zero attached hydrogens (tertiary/aromatic N) is 2. The summed E-state index contributed by atoms with van der Waals surface area (Å²) < 4.78 is 10.9. The standard InChI is InChI=1S/C22H30N4O2.HI/c1-27-16-17-9-3-5-11-19(17)25-22(23)24-15-20(26-13-7-8-14-26)18-10-4-6-12-21(18)28-2;/h3-6,9-12,20H,7-8,13-16H2,1-2H3,(H3,23,24,25);1H. The predicted molar refractivity (Wildman–Crippen MR) is 129 cm³/mol. The summed E-state index contributed by atoms with van der Waals surface area (Å²) in [6.45, 7) is 3.24. The summed E-state index contributed by atoms with van der Waals surface area (Å²) in [5.74, 6) is 1.30. The van der Waals surface area contributed by atoms with Crippen molar-refractivity contribution in [3.63, 3.8) is 0 Å². The van der Waals surface area contributed by atoms with Crippen molar-refractivity contribution in [2.24, 2.45) is 10.7 Å². The van der Waals surface area contributed by atoms with Crippen molar-refractivity contribution in [2.45, 2.75) is 25.5 Å². The average Bonchev–Trinajstić information content (AvgIpc) is 3.25. The molecule has 1 fully saturated rings. The highest BCUT2D eigenvalue weighted by atomic mass is 127. The number of hydrogen-bond donors (Lipinski definition) is 2. The van der Waals surface area contributed by atoms with E-state index in [1.807, 2.05) is 42.5 Å². The van der Waals surface area contributed by atoms with Crippen LogP contribution in [0.1, 0.15) is 30.0 Å². The molecule has 2 aromatic rings. The van der Waals surface area contributed by atoms with Crippen LogP contribution >= 0.6 is 24.0 Å². The summed E-state index contributed by atoms with van der Waals surface area (Å²) in [5, 5.41) is 3.22. The fourth-order valence-corrected chi connectivity index (χ4v) is 3.69. The molecular weight excluding hydrogens is 479 g/mol. The number of guanidine groups is 1. The van der Waals surface area contributed by atoms with Crippen LogP contribution in [0, 0.1) is 0 Å². The Morgan fingerprint density at radius 3 is 2.52 bits per heavy atom. The van der Waals surface area contributed by atoms with Crippen molar-refractivity contribution in [1.82, 2.24) is 4.90 Å². The summed E-state index contributed by atoms with van der Waals surface area (Å²) in [6, 6.07) is 16.3. The molecule has 2 aromatic carbocycles. The number of nitrogens with one attached hydrogen (secondary N) is 1. The molecule has 1 saturated heterocycles. The van der Waals surface area contributed by atoms with E-state index in [-0.39, 0.29) is 30.0 Å². The first-order chi connectivity index (χ1) is 13.7. The molecule has 3 rings (SSSR count). The molecule has 1 heterocycles. The third kappa shape index (κ3) is 6.32. The molecule has 3 N–H and O–H groups in total. The molecule has 7 heteroatoms. The van der Waals surface area contributed by atoms with E-state index in [2.05, 4.69) is 21.3 Å². The second-order valence-electron chi connectivity index (χ2n) is 6.94. The second-order valence-corrected chi connectivity index (χ2v) is 6.94. The van der Waals surface area contributed by atoms with E-state index >= 15 is 0 Å². The highest BCUT2D eigenvalue weighted by Crippen LogP contribution is 2.31. The first kappa shape index (κ1) is 23.4. The normalized spacial score (nSPS) is 15.6. The van der Waals surface area contributed by atoms with Crippen LogP contribution in [0.25, 0.3) is 0 Å². The van der Waals surface area contributed by atoms with E-state index in [0.29, 0.717) is 19.1 Å². The lowest BCUT2D eigenvalue weighted by molar-refractivity contribution is 0.185. The number of anilines is 1. The van der Waals surface area contributed by atoms with Crippen LogP contribution in [0.2, 0.25) is 0 Å². The number of methoxy groups -OCH3 is 2. The summed E-state index contributed by atoms with van der Waals surface area (Å²) >= 11 is 0. The van der Waals surface area contributed by atoms with Gasteiger partial charge in [-0.25, -0.2) is 0 Å². The molecule has 29 heavy (non-hydrogen) atoms. The van der Waals surface area contributed by atoms with Gasteiger partial charge in [0.1, 0.15) is 5.75 Å². The third-order valence-corrected chi connectivity index (χ3v) is 5.09. The van der Waals surface area contributed by atoms with E-state index in [4.69, 9.17) is 15.2 Å². The number of rotatable bonds is 8. The van der Waals surface area contributed by atoms with Crippen LogP contribution in [0.5, 0.6) is 5.75 Å². The maximum Gasteiger partial charge on any atom is 0.193 e. The predicted octanol–water partition coefficient (Wildman–Crippen LogP) is 4.02. The summed E-state index contributed by atoms with van der Waals surface area (Å²) in [6.07, 6.45) is 2.43. The van der Waals surface area contributed by atoms with Crippen LogP contribution in [-0.4, -0.2) is 44.7 Å². The lowest BCUT2D eigenvalue weighted by Crippen LogP contribution is -2.30. The number of ether oxygens (including phenoxy) is 2. The molecule has 1 aliphatic rings. The van der Waals surface area contributed by atoms with Crippen molar-refractivity contribution in [1.29, 1.82) is 0 Å². The van der Waals surface area contributed by atoms with Gasteiger partial charge in [0.15, 0.2) is 5.96 Å². The highest BCUT2D eigenvalue weighted by Gasteiger charge is 2.25. The number of aliphatic imine (C=N–C) groups is 1. The quantitative estimate of drug-likeness (QED) is 0.319. The van der Waals surface area contributed by atoms with Crippen LogP contribution < -0.4 is 15.8 Å². The molecule has 0 amide bonds. The van der Waals surface area contributed by atoms with Crippen molar-refractivity contribution in [3.05, 3.63) is 59.7 Å². The number of halogens is 1. The number of benzene rings is 2. The molecule has 1 unspecified atom stereocenters. The third-order valence-electron chi connectivity index (χ3n) is 5.09. The van der Waals surface area contributed by atoms with Crippen LogP contribution in [0.4, 0.5) is 5.69 Å². The van der Waals surface area contributed by atoms with Crippen molar-refractivity contribution in [2.75, 3.05) is 39.2 Å². The summed E-state index contributed by atoms with van der Waals surface area (Å²) in [5.41, 5.74) is 9.33. The molecule has 0 saturated carbocycles. The smallest absolute Gasteiger partial charge is 0.193 e. The van der Waals surface area contributed by atoms with E-state index in [9.17, 15) is 0 Å². The highest BCUT2D eigenvalue weighted by molar-refractivity contribution is 14.0. The molecule has 158 valence electrons. The maximum absolute atomic E-state index is 6.21. The minimum atomic E-state index is 0. The minimum absolute atomic E-state index is 0. The zero-order valence-electron chi connectivity index (χ0n) is 17.1. The Morgan fingerprint density at radius 2 is 1.79 bits per heavy atom. The Kier molecular flexibility index (Phi) is 9.69. The van der Waals surface area contributed by atoms with Crippen molar-refractivity contribution < 1.29 is 9.47 Å². The van der Waals surface area contributed by atoms with Crippen LogP contribution in [0.15, 0.2) is 53.5 Å². The molecule has 0 aromatic heterocycles. The van der Waals surface area contributed by atoms with Crippen LogP contribution in [-0.2, 0) is 11.3 Å². The average molecular weight is 510 g/mol. The molecule has 0 bridgehead atoms. The van der Waals surface area contributed by atoms with Gasteiger partial charge in [-0.1, -0.05) is 36.4 Å². The first-order valence-electron chi connectivity index (χ1n) is 9.73. The van der Waals surface area contributed by atoms with Gasteiger partial charge in [0, 0.05) is 23.9 Å². The Hall–Kier alpha value is -1.84. The minimum Gasteiger partial charge on any atom is -0.496 e.